The summed E-state index contributed by atoms with van der Waals surface area (Å²) in [6.07, 6.45) is 24.4. The van der Waals surface area contributed by atoms with Crippen molar-refractivity contribution in [2.45, 2.75) is 136 Å². The number of hydrogen-bond donors (Lipinski definition) is 0. The van der Waals surface area contributed by atoms with Gasteiger partial charge in [0.1, 0.15) is 6.10 Å². The van der Waals surface area contributed by atoms with E-state index in [2.05, 4.69) is 44.4 Å². The summed E-state index contributed by atoms with van der Waals surface area (Å²) in [5, 5.41) is 0. The van der Waals surface area contributed by atoms with Gasteiger partial charge in [0.15, 0.2) is 6.61 Å². The van der Waals surface area contributed by atoms with Crippen molar-refractivity contribution in [1.29, 1.82) is 0 Å². The molecule has 0 radical (unpaired) electrons. The first-order valence-corrected chi connectivity index (χ1v) is 14.4. The average molecular weight is 505 g/mol. The number of esters is 1. The van der Waals surface area contributed by atoms with Gasteiger partial charge in [0.05, 0.1) is 6.61 Å². The predicted molar refractivity (Wildman–Crippen MR) is 149 cm³/mol. The number of ether oxygens (including phenoxy) is 3. The highest BCUT2D eigenvalue weighted by Crippen LogP contribution is 2.14. The van der Waals surface area contributed by atoms with Gasteiger partial charge in [0.25, 0.3) is 0 Å². The van der Waals surface area contributed by atoms with Gasteiger partial charge in [-0.3, -0.25) is 0 Å². The summed E-state index contributed by atoms with van der Waals surface area (Å²) in [4.78, 5) is 23.1. The van der Waals surface area contributed by atoms with Gasteiger partial charge in [0.2, 0.25) is 0 Å². The standard InChI is InChI=1S/C31H52O5/c1-4-7-9-11-16-20-24-28-35-31(33)36-29(25-21-10-8-5-2)26-22-18-15-13-12-14-17-19-23-27-34-30(32)6-3/h6,18,22,29H,3-5,7-17,19,21,23,25-28H2,1-2H3. The predicted octanol–water partition coefficient (Wildman–Crippen LogP) is 8.86. The lowest BCUT2D eigenvalue weighted by Gasteiger charge is -2.15. The van der Waals surface area contributed by atoms with Crippen molar-refractivity contribution in [3.8, 4) is 11.8 Å². The Morgan fingerprint density at radius 1 is 0.778 bits per heavy atom. The fourth-order valence-electron chi connectivity index (χ4n) is 3.74. The van der Waals surface area contributed by atoms with E-state index in [1.54, 1.807) is 0 Å². The van der Waals surface area contributed by atoms with E-state index in [1.807, 2.05) is 0 Å². The van der Waals surface area contributed by atoms with E-state index in [0.29, 0.717) is 6.61 Å². The first kappa shape index (κ1) is 33.8. The molecule has 0 N–H and O–H groups in total. The van der Waals surface area contributed by atoms with Crippen LogP contribution in [0.25, 0.3) is 0 Å². The summed E-state index contributed by atoms with van der Waals surface area (Å²) in [6, 6.07) is 0. The molecule has 0 aromatic carbocycles. The molecule has 0 saturated carbocycles. The van der Waals surface area contributed by atoms with Crippen LogP contribution in [-0.2, 0) is 19.0 Å². The topological polar surface area (TPSA) is 61.8 Å². The summed E-state index contributed by atoms with van der Waals surface area (Å²) >= 11 is 0. The Balaban J connectivity index is 4.04. The monoisotopic (exact) mass is 504 g/mol. The number of carbonyl (C=O) groups is 2. The molecule has 0 fully saturated rings. The Morgan fingerprint density at radius 2 is 1.44 bits per heavy atom. The minimum Gasteiger partial charge on any atom is -0.463 e. The second kappa shape index (κ2) is 27.4. The fourth-order valence-corrected chi connectivity index (χ4v) is 3.74. The number of hydrogen-bond acceptors (Lipinski definition) is 5. The quantitative estimate of drug-likeness (QED) is 0.0457. The maximum Gasteiger partial charge on any atom is 0.509 e. The summed E-state index contributed by atoms with van der Waals surface area (Å²) in [7, 11) is 0. The van der Waals surface area contributed by atoms with Crippen LogP contribution in [0.1, 0.15) is 129 Å². The lowest BCUT2D eigenvalue weighted by molar-refractivity contribution is -0.137. The summed E-state index contributed by atoms with van der Waals surface area (Å²) in [6.45, 7) is 8.36. The molecule has 0 bridgehead atoms. The molecule has 0 aromatic rings. The molecule has 0 aliphatic rings. The van der Waals surface area contributed by atoms with Crippen molar-refractivity contribution in [1.82, 2.24) is 0 Å². The molecule has 0 amide bonds. The highest BCUT2D eigenvalue weighted by Gasteiger charge is 2.14. The SMILES string of the molecule is C=CC(=O)OCCCCCCCCC=CCC(CCCCCC)OC(=O)OCC#CCCCCCC. The number of rotatable bonds is 23. The summed E-state index contributed by atoms with van der Waals surface area (Å²) in [5.74, 6) is 5.64. The van der Waals surface area contributed by atoms with Crippen LogP contribution in [-0.4, -0.2) is 31.4 Å². The van der Waals surface area contributed by atoms with Gasteiger partial charge in [-0.1, -0.05) is 109 Å². The lowest BCUT2D eigenvalue weighted by Crippen LogP contribution is -2.19. The van der Waals surface area contributed by atoms with Gasteiger partial charge in [-0.2, -0.15) is 0 Å². The normalized spacial score (nSPS) is 11.5. The minimum absolute atomic E-state index is 0.102. The van der Waals surface area contributed by atoms with Crippen LogP contribution in [0.3, 0.4) is 0 Å². The van der Waals surface area contributed by atoms with Crippen LogP contribution in [0.4, 0.5) is 4.79 Å². The Bertz CT molecular complexity index is 629. The van der Waals surface area contributed by atoms with Crippen LogP contribution in [0, 0.1) is 11.8 Å². The first-order chi connectivity index (χ1) is 17.6. The van der Waals surface area contributed by atoms with Crippen LogP contribution >= 0.6 is 0 Å². The van der Waals surface area contributed by atoms with E-state index in [9.17, 15) is 9.59 Å². The lowest BCUT2D eigenvalue weighted by atomic mass is 10.1. The number of allylic oxidation sites excluding steroid dienone is 1. The number of unbranched alkanes of at least 4 members (excludes halogenated alkanes) is 13. The molecule has 0 aromatic heterocycles. The Labute approximate surface area is 221 Å². The van der Waals surface area contributed by atoms with E-state index < -0.39 is 6.16 Å². The summed E-state index contributed by atoms with van der Waals surface area (Å²) < 4.78 is 15.7. The molecule has 36 heavy (non-hydrogen) atoms. The maximum absolute atomic E-state index is 12.1. The molecular weight excluding hydrogens is 452 g/mol. The van der Waals surface area contributed by atoms with Gasteiger partial charge < -0.3 is 14.2 Å². The molecular formula is C31H52O5. The van der Waals surface area contributed by atoms with Gasteiger partial charge in [-0.05, 0) is 38.5 Å². The highest BCUT2D eigenvalue weighted by molar-refractivity contribution is 5.81. The Kier molecular flexibility index (Phi) is 25.7. The molecule has 0 aliphatic heterocycles. The van der Waals surface area contributed by atoms with E-state index >= 15 is 0 Å². The highest BCUT2D eigenvalue weighted by atomic mass is 16.7. The van der Waals surface area contributed by atoms with E-state index in [0.717, 1.165) is 70.6 Å². The first-order valence-electron chi connectivity index (χ1n) is 14.4. The fraction of sp³-hybridized carbons (Fsp3) is 0.742. The van der Waals surface area contributed by atoms with Gasteiger partial charge in [-0.15, -0.1) is 0 Å². The van der Waals surface area contributed by atoms with Crippen molar-refractivity contribution >= 4 is 12.1 Å². The van der Waals surface area contributed by atoms with Crippen molar-refractivity contribution < 1.29 is 23.8 Å². The van der Waals surface area contributed by atoms with Gasteiger partial charge >= 0.3 is 12.1 Å². The minimum atomic E-state index is -0.608. The molecule has 5 nitrogen and oxygen atoms in total. The molecule has 0 heterocycles. The molecule has 0 rings (SSSR count). The number of carbonyl (C=O) groups excluding carboxylic acids is 2. The Hall–Kier alpha value is -2.22. The van der Waals surface area contributed by atoms with Crippen molar-refractivity contribution in [2.24, 2.45) is 0 Å². The van der Waals surface area contributed by atoms with E-state index in [1.165, 1.54) is 51.0 Å². The second-order valence-electron chi connectivity index (χ2n) is 9.28. The third-order valence-corrected chi connectivity index (χ3v) is 5.93. The van der Waals surface area contributed by atoms with Gasteiger partial charge in [-0.25, -0.2) is 9.59 Å². The molecule has 206 valence electrons. The largest absolute Gasteiger partial charge is 0.509 e. The molecule has 0 spiro atoms. The molecule has 0 aliphatic carbocycles. The summed E-state index contributed by atoms with van der Waals surface area (Å²) in [5.41, 5.74) is 0. The average Bonchev–Trinajstić information content (AvgIpc) is 2.88. The van der Waals surface area contributed by atoms with Crippen molar-refractivity contribution in [3.05, 3.63) is 24.8 Å². The maximum atomic E-state index is 12.1. The van der Waals surface area contributed by atoms with E-state index in [-0.39, 0.29) is 18.7 Å². The zero-order valence-corrected chi connectivity index (χ0v) is 23.2. The van der Waals surface area contributed by atoms with Crippen LogP contribution in [0.15, 0.2) is 24.8 Å². The molecule has 1 atom stereocenters. The third-order valence-electron chi connectivity index (χ3n) is 5.93. The zero-order chi connectivity index (χ0) is 26.5. The molecule has 0 saturated heterocycles. The third kappa shape index (κ3) is 24.9. The van der Waals surface area contributed by atoms with Crippen LogP contribution in [0.2, 0.25) is 0 Å². The van der Waals surface area contributed by atoms with Gasteiger partial charge in [0, 0.05) is 18.9 Å². The van der Waals surface area contributed by atoms with Crippen molar-refractivity contribution in [2.75, 3.05) is 13.2 Å². The smallest absolute Gasteiger partial charge is 0.463 e. The zero-order valence-electron chi connectivity index (χ0n) is 23.2. The van der Waals surface area contributed by atoms with Crippen LogP contribution < -0.4 is 0 Å². The van der Waals surface area contributed by atoms with Crippen molar-refractivity contribution in [3.63, 3.8) is 0 Å². The second-order valence-corrected chi connectivity index (χ2v) is 9.28. The van der Waals surface area contributed by atoms with E-state index in [4.69, 9.17) is 14.2 Å². The molecule has 1 unspecified atom stereocenters. The molecule has 5 heteroatoms. The Morgan fingerprint density at radius 3 is 2.17 bits per heavy atom. The van der Waals surface area contributed by atoms with Crippen LogP contribution in [0.5, 0.6) is 0 Å².